The Bertz CT molecular complexity index is 729. The van der Waals surface area contributed by atoms with Gasteiger partial charge in [-0.05, 0) is 56.8 Å². The monoisotopic (exact) mass is 450 g/mol. The van der Waals surface area contributed by atoms with Crippen molar-refractivity contribution in [2.75, 3.05) is 40.0 Å². The number of amides is 1. The second kappa shape index (κ2) is 11.0. The predicted molar refractivity (Wildman–Crippen MR) is 103 cm³/mol. The third kappa shape index (κ3) is 7.51. The maximum Gasteiger partial charge on any atom is 0.490 e. The molecular weight excluding hydrogens is 421 g/mol. The van der Waals surface area contributed by atoms with E-state index in [0.29, 0.717) is 6.61 Å². The molecule has 1 spiro atoms. The minimum absolute atomic E-state index is 0.0548. The number of carbonyl (C=O) groups is 2. The SMILES string of the molecule is COCC(=O)NC1COCCC12CCN(Cc1ccc(C)o1)CC2.O=C(O)C(F)(F)F. The molecule has 31 heavy (non-hydrogen) atoms. The second-order valence-electron chi connectivity index (χ2n) is 7.83. The normalized spacial score (nSPS) is 21.3. The summed E-state index contributed by atoms with van der Waals surface area (Å²) >= 11 is 0. The van der Waals surface area contributed by atoms with Crippen LogP contribution in [-0.2, 0) is 25.6 Å². The van der Waals surface area contributed by atoms with E-state index in [1.165, 1.54) is 0 Å². The molecule has 3 rings (SSSR count). The Morgan fingerprint density at radius 2 is 1.94 bits per heavy atom. The van der Waals surface area contributed by atoms with Crippen molar-refractivity contribution in [3.63, 3.8) is 0 Å². The van der Waals surface area contributed by atoms with Gasteiger partial charge in [0.25, 0.3) is 0 Å². The van der Waals surface area contributed by atoms with Crippen LogP contribution in [0.4, 0.5) is 13.2 Å². The number of furan rings is 1. The van der Waals surface area contributed by atoms with Gasteiger partial charge in [0.2, 0.25) is 5.91 Å². The molecule has 0 aliphatic carbocycles. The van der Waals surface area contributed by atoms with Crippen molar-refractivity contribution in [2.45, 2.75) is 44.9 Å². The standard InChI is InChI=1S/C18H28N2O4.C2HF3O2/c1-14-3-4-15(24-14)11-20-8-5-18(6-9-20)7-10-23-12-16(18)19-17(21)13-22-2;3-2(4,5)1(6)7/h3-4,16H,5-13H2,1-2H3,(H,19,21);(H,6,7). The Morgan fingerprint density at radius 3 is 2.45 bits per heavy atom. The maximum atomic E-state index is 11.9. The van der Waals surface area contributed by atoms with E-state index in [-0.39, 0.29) is 24.0 Å². The molecule has 2 aliphatic heterocycles. The van der Waals surface area contributed by atoms with Gasteiger partial charge in [-0.3, -0.25) is 9.69 Å². The van der Waals surface area contributed by atoms with Crippen molar-refractivity contribution in [2.24, 2.45) is 5.41 Å². The zero-order valence-corrected chi connectivity index (χ0v) is 17.7. The van der Waals surface area contributed by atoms with Gasteiger partial charge >= 0.3 is 12.1 Å². The van der Waals surface area contributed by atoms with Crippen LogP contribution in [0, 0.1) is 12.3 Å². The summed E-state index contributed by atoms with van der Waals surface area (Å²) in [5.41, 5.74) is 0.150. The van der Waals surface area contributed by atoms with E-state index >= 15 is 0 Å². The number of ether oxygens (including phenoxy) is 2. The number of carboxylic acids is 1. The fourth-order valence-corrected chi connectivity index (χ4v) is 3.93. The molecule has 3 heterocycles. The summed E-state index contributed by atoms with van der Waals surface area (Å²) in [6, 6.07) is 4.16. The van der Waals surface area contributed by atoms with Gasteiger partial charge in [0.05, 0.1) is 19.2 Å². The second-order valence-corrected chi connectivity index (χ2v) is 7.83. The van der Waals surface area contributed by atoms with Crippen LogP contribution >= 0.6 is 0 Å². The van der Waals surface area contributed by atoms with E-state index in [2.05, 4.69) is 16.3 Å². The summed E-state index contributed by atoms with van der Waals surface area (Å²) in [6.07, 6.45) is -1.92. The third-order valence-corrected chi connectivity index (χ3v) is 5.65. The van der Waals surface area contributed by atoms with Crippen molar-refractivity contribution in [3.8, 4) is 0 Å². The number of carbonyl (C=O) groups excluding carboxylic acids is 1. The Kier molecular flexibility index (Phi) is 8.90. The minimum atomic E-state index is -5.08. The summed E-state index contributed by atoms with van der Waals surface area (Å²) in [4.78, 5) is 23.3. The molecule has 1 unspecified atom stereocenters. The van der Waals surface area contributed by atoms with Crippen molar-refractivity contribution in [1.29, 1.82) is 0 Å². The van der Waals surface area contributed by atoms with Crippen molar-refractivity contribution in [3.05, 3.63) is 23.7 Å². The van der Waals surface area contributed by atoms with Crippen LogP contribution in [-0.4, -0.2) is 74.1 Å². The van der Waals surface area contributed by atoms with Crippen LogP contribution in [0.1, 0.15) is 30.8 Å². The highest BCUT2D eigenvalue weighted by Gasteiger charge is 2.44. The Morgan fingerprint density at radius 1 is 1.29 bits per heavy atom. The molecule has 0 saturated carbocycles. The molecule has 1 amide bonds. The van der Waals surface area contributed by atoms with E-state index in [4.69, 9.17) is 23.8 Å². The first-order chi connectivity index (χ1) is 14.6. The van der Waals surface area contributed by atoms with E-state index < -0.39 is 12.1 Å². The molecule has 1 aromatic rings. The molecule has 0 bridgehead atoms. The lowest BCUT2D eigenvalue weighted by Crippen LogP contribution is -2.57. The molecule has 176 valence electrons. The highest BCUT2D eigenvalue weighted by molar-refractivity contribution is 5.77. The fraction of sp³-hybridized carbons (Fsp3) is 0.700. The number of likely N-dealkylation sites (tertiary alicyclic amines) is 1. The first-order valence-corrected chi connectivity index (χ1v) is 9.99. The molecule has 0 radical (unpaired) electrons. The van der Waals surface area contributed by atoms with E-state index in [1.807, 2.05) is 13.0 Å². The lowest BCUT2D eigenvalue weighted by atomic mass is 9.69. The number of aliphatic carboxylic acids is 1. The zero-order valence-electron chi connectivity index (χ0n) is 17.7. The van der Waals surface area contributed by atoms with Gasteiger partial charge in [-0.1, -0.05) is 0 Å². The quantitative estimate of drug-likeness (QED) is 0.710. The van der Waals surface area contributed by atoms with Gasteiger partial charge in [-0.2, -0.15) is 13.2 Å². The number of methoxy groups -OCH3 is 1. The predicted octanol–water partition coefficient (Wildman–Crippen LogP) is 2.36. The van der Waals surface area contributed by atoms with Crippen LogP contribution < -0.4 is 5.32 Å². The van der Waals surface area contributed by atoms with Crippen LogP contribution in [0.2, 0.25) is 0 Å². The molecule has 2 fully saturated rings. The van der Waals surface area contributed by atoms with E-state index in [1.54, 1.807) is 7.11 Å². The molecule has 8 nitrogen and oxygen atoms in total. The summed E-state index contributed by atoms with van der Waals surface area (Å²) in [5.74, 6) is -0.822. The molecule has 2 N–H and O–H groups in total. The summed E-state index contributed by atoms with van der Waals surface area (Å²) in [7, 11) is 1.54. The largest absolute Gasteiger partial charge is 0.490 e. The first-order valence-electron chi connectivity index (χ1n) is 9.99. The summed E-state index contributed by atoms with van der Waals surface area (Å²) in [6.45, 7) is 6.38. The Hall–Kier alpha value is -2.11. The molecule has 2 aliphatic rings. The van der Waals surface area contributed by atoms with E-state index in [0.717, 1.165) is 57.0 Å². The topological polar surface area (TPSA) is 101 Å². The van der Waals surface area contributed by atoms with Gasteiger partial charge in [0, 0.05) is 13.7 Å². The molecule has 0 aromatic carbocycles. The number of piperidine rings is 1. The number of carboxylic acid groups (broad SMARTS) is 1. The zero-order chi connectivity index (χ0) is 23.1. The molecule has 2 saturated heterocycles. The maximum absolute atomic E-state index is 11.9. The van der Waals surface area contributed by atoms with Gasteiger partial charge in [0.15, 0.2) is 0 Å². The average Bonchev–Trinajstić information content (AvgIpc) is 3.10. The first kappa shape index (κ1) is 25.2. The highest BCUT2D eigenvalue weighted by Crippen LogP contribution is 2.41. The number of halogens is 3. The van der Waals surface area contributed by atoms with Crippen LogP contribution in [0.25, 0.3) is 0 Å². The summed E-state index contributed by atoms with van der Waals surface area (Å²) in [5, 5.41) is 10.2. The number of alkyl halides is 3. The highest BCUT2D eigenvalue weighted by atomic mass is 19.4. The number of hydrogen-bond donors (Lipinski definition) is 2. The molecular formula is C20H29F3N2O6. The number of hydrogen-bond acceptors (Lipinski definition) is 6. The van der Waals surface area contributed by atoms with Gasteiger partial charge in [-0.15, -0.1) is 0 Å². The number of rotatable bonds is 5. The number of nitrogens with zero attached hydrogens (tertiary/aromatic N) is 1. The van der Waals surface area contributed by atoms with Crippen molar-refractivity contribution >= 4 is 11.9 Å². The third-order valence-electron chi connectivity index (χ3n) is 5.65. The van der Waals surface area contributed by atoms with Crippen LogP contribution in [0.15, 0.2) is 16.5 Å². The molecule has 1 aromatic heterocycles. The van der Waals surface area contributed by atoms with Crippen LogP contribution in [0.3, 0.4) is 0 Å². The average molecular weight is 450 g/mol. The summed E-state index contributed by atoms with van der Waals surface area (Å²) < 4.78 is 48.0. The Balaban J connectivity index is 0.000000423. The van der Waals surface area contributed by atoms with Crippen molar-refractivity contribution < 1.29 is 41.8 Å². The molecule has 1 atom stereocenters. The lowest BCUT2D eigenvalue weighted by Gasteiger charge is -2.49. The van der Waals surface area contributed by atoms with Gasteiger partial charge in [-0.25, -0.2) is 4.79 Å². The number of aryl methyl sites for hydroxylation is 1. The Labute approximate surface area is 178 Å². The minimum Gasteiger partial charge on any atom is -0.475 e. The fourth-order valence-electron chi connectivity index (χ4n) is 3.93. The van der Waals surface area contributed by atoms with Crippen LogP contribution in [0.5, 0.6) is 0 Å². The van der Waals surface area contributed by atoms with Gasteiger partial charge < -0.3 is 24.3 Å². The molecule has 11 heteroatoms. The lowest BCUT2D eigenvalue weighted by molar-refractivity contribution is -0.192. The van der Waals surface area contributed by atoms with E-state index in [9.17, 15) is 18.0 Å². The number of nitrogens with one attached hydrogen (secondary N) is 1. The van der Waals surface area contributed by atoms with Gasteiger partial charge in [0.1, 0.15) is 18.1 Å². The van der Waals surface area contributed by atoms with Crippen molar-refractivity contribution in [1.82, 2.24) is 10.2 Å². The smallest absolute Gasteiger partial charge is 0.475 e.